The first-order chi connectivity index (χ1) is 8.75. The van der Waals surface area contributed by atoms with Crippen molar-refractivity contribution in [2.75, 3.05) is 19.6 Å². The van der Waals surface area contributed by atoms with Gasteiger partial charge in [0, 0.05) is 19.6 Å². The summed E-state index contributed by atoms with van der Waals surface area (Å²) in [6, 6.07) is 0. The molecule has 1 atom stereocenters. The zero-order valence-electron chi connectivity index (χ0n) is 11.9. The Kier molecular flexibility index (Phi) is 5.33. The van der Waals surface area contributed by atoms with Crippen LogP contribution in [0.25, 0.3) is 0 Å². The van der Waals surface area contributed by atoms with E-state index in [2.05, 4.69) is 16.8 Å². The van der Waals surface area contributed by atoms with E-state index in [0.717, 1.165) is 37.4 Å². The van der Waals surface area contributed by atoms with Crippen LogP contribution in [0.4, 0.5) is 0 Å². The number of piperidine rings is 1. The van der Waals surface area contributed by atoms with Gasteiger partial charge in [-0.25, -0.2) is 0 Å². The highest BCUT2D eigenvalue weighted by molar-refractivity contribution is 5.78. The fraction of sp³-hybridized carbons (Fsp3) is 0.933. The van der Waals surface area contributed by atoms with Crippen LogP contribution in [0.5, 0.6) is 0 Å². The van der Waals surface area contributed by atoms with Crippen LogP contribution in [-0.4, -0.2) is 30.5 Å². The number of nitrogens with two attached hydrogens (primary N) is 1. The summed E-state index contributed by atoms with van der Waals surface area (Å²) in [6.07, 6.45) is 11.0. The first-order valence-corrected chi connectivity index (χ1v) is 7.80. The molecule has 2 rings (SSSR count). The van der Waals surface area contributed by atoms with Gasteiger partial charge in [0.15, 0.2) is 5.96 Å². The summed E-state index contributed by atoms with van der Waals surface area (Å²) in [7, 11) is 0. The fourth-order valence-electron chi connectivity index (χ4n) is 3.33. The summed E-state index contributed by atoms with van der Waals surface area (Å²) in [4.78, 5) is 6.87. The van der Waals surface area contributed by atoms with Crippen molar-refractivity contribution in [3.8, 4) is 0 Å². The summed E-state index contributed by atoms with van der Waals surface area (Å²) in [5, 5.41) is 0. The molecule has 104 valence electrons. The normalized spacial score (nSPS) is 27.5. The number of guanidine groups is 1. The van der Waals surface area contributed by atoms with Crippen LogP contribution in [0.15, 0.2) is 4.99 Å². The molecule has 2 aliphatic rings. The molecule has 3 nitrogen and oxygen atoms in total. The Morgan fingerprint density at radius 3 is 2.67 bits per heavy atom. The largest absolute Gasteiger partial charge is 0.370 e. The molecule has 1 aliphatic heterocycles. The van der Waals surface area contributed by atoms with Crippen LogP contribution in [-0.2, 0) is 0 Å². The molecule has 1 saturated carbocycles. The van der Waals surface area contributed by atoms with E-state index < -0.39 is 0 Å². The van der Waals surface area contributed by atoms with Crippen molar-refractivity contribution in [1.29, 1.82) is 0 Å². The molecular weight excluding hydrogens is 222 g/mol. The quantitative estimate of drug-likeness (QED) is 0.619. The lowest BCUT2D eigenvalue weighted by atomic mass is 9.87. The molecule has 1 unspecified atom stereocenters. The van der Waals surface area contributed by atoms with Crippen molar-refractivity contribution in [2.45, 2.75) is 58.3 Å². The Morgan fingerprint density at radius 1 is 1.17 bits per heavy atom. The van der Waals surface area contributed by atoms with Crippen molar-refractivity contribution in [3.63, 3.8) is 0 Å². The maximum absolute atomic E-state index is 6.10. The molecule has 1 heterocycles. The number of rotatable bonds is 3. The van der Waals surface area contributed by atoms with Crippen LogP contribution in [0.2, 0.25) is 0 Å². The van der Waals surface area contributed by atoms with Crippen LogP contribution in [0, 0.1) is 11.8 Å². The van der Waals surface area contributed by atoms with Crippen molar-refractivity contribution in [3.05, 3.63) is 0 Å². The van der Waals surface area contributed by atoms with E-state index in [1.54, 1.807) is 0 Å². The first kappa shape index (κ1) is 13.7. The van der Waals surface area contributed by atoms with Crippen molar-refractivity contribution in [2.24, 2.45) is 22.6 Å². The number of hydrogen-bond acceptors (Lipinski definition) is 1. The smallest absolute Gasteiger partial charge is 0.191 e. The molecule has 0 amide bonds. The van der Waals surface area contributed by atoms with Crippen molar-refractivity contribution in [1.82, 2.24) is 4.90 Å². The average Bonchev–Trinajstić information content (AvgIpc) is 2.40. The van der Waals surface area contributed by atoms with Crippen molar-refractivity contribution >= 4 is 5.96 Å². The molecule has 2 fully saturated rings. The Balaban J connectivity index is 1.70. The molecule has 0 aromatic carbocycles. The van der Waals surface area contributed by atoms with Crippen molar-refractivity contribution < 1.29 is 0 Å². The maximum Gasteiger partial charge on any atom is 0.191 e. The second-order valence-electron chi connectivity index (χ2n) is 6.23. The van der Waals surface area contributed by atoms with Crippen LogP contribution >= 0.6 is 0 Å². The lowest BCUT2D eigenvalue weighted by Crippen LogP contribution is -2.43. The third kappa shape index (κ3) is 4.18. The topological polar surface area (TPSA) is 41.6 Å². The molecular formula is C15H29N3. The molecule has 1 aliphatic carbocycles. The average molecular weight is 251 g/mol. The molecule has 0 bridgehead atoms. The number of likely N-dealkylation sites (tertiary alicyclic amines) is 1. The molecule has 18 heavy (non-hydrogen) atoms. The second kappa shape index (κ2) is 7.01. The van der Waals surface area contributed by atoms with Gasteiger partial charge in [-0.1, -0.05) is 39.0 Å². The Bertz CT molecular complexity index is 269. The van der Waals surface area contributed by atoms with E-state index >= 15 is 0 Å². The zero-order chi connectivity index (χ0) is 12.8. The standard InChI is InChI=1S/C15H29N3/c1-13-6-5-11-18(12-13)15(16)17-10-9-14-7-3-2-4-8-14/h13-14H,2-12H2,1H3,(H2,16,17). The Hall–Kier alpha value is -0.730. The van der Waals surface area contributed by atoms with E-state index in [-0.39, 0.29) is 0 Å². The lowest BCUT2D eigenvalue weighted by Gasteiger charge is -2.31. The lowest BCUT2D eigenvalue weighted by molar-refractivity contribution is 0.269. The van der Waals surface area contributed by atoms with E-state index in [4.69, 9.17) is 5.73 Å². The third-order valence-electron chi connectivity index (χ3n) is 4.52. The fourth-order valence-corrected chi connectivity index (χ4v) is 3.33. The van der Waals surface area contributed by atoms with Crippen LogP contribution < -0.4 is 5.73 Å². The van der Waals surface area contributed by atoms with Gasteiger partial charge in [0.2, 0.25) is 0 Å². The predicted molar refractivity (Wildman–Crippen MR) is 77.7 cm³/mol. The second-order valence-corrected chi connectivity index (χ2v) is 6.23. The predicted octanol–water partition coefficient (Wildman–Crippen LogP) is 3.00. The van der Waals surface area contributed by atoms with Gasteiger partial charge in [-0.05, 0) is 31.1 Å². The minimum atomic E-state index is 0.769. The highest BCUT2D eigenvalue weighted by atomic mass is 15.3. The summed E-state index contributed by atoms with van der Waals surface area (Å²) in [5.41, 5.74) is 6.10. The van der Waals surface area contributed by atoms with Gasteiger partial charge < -0.3 is 10.6 Å². The minimum absolute atomic E-state index is 0.769. The summed E-state index contributed by atoms with van der Waals surface area (Å²) in [6.45, 7) is 5.44. The van der Waals surface area contributed by atoms with E-state index in [1.807, 2.05) is 0 Å². The van der Waals surface area contributed by atoms with E-state index in [0.29, 0.717) is 0 Å². The number of aliphatic imine (C=N–C) groups is 1. The molecule has 3 heteroatoms. The maximum atomic E-state index is 6.10. The first-order valence-electron chi connectivity index (χ1n) is 7.80. The van der Waals surface area contributed by atoms with Gasteiger partial charge in [0.1, 0.15) is 0 Å². The third-order valence-corrected chi connectivity index (χ3v) is 4.52. The van der Waals surface area contributed by atoms with Gasteiger partial charge in [0.05, 0.1) is 0 Å². The van der Waals surface area contributed by atoms with Gasteiger partial charge in [-0.3, -0.25) is 4.99 Å². The van der Waals surface area contributed by atoms with Gasteiger partial charge in [-0.15, -0.1) is 0 Å². The number of nitrogens with zero attached hydrogens (tertiary/aromatic N) is 2. The van der Waals surface area contributed by atoms with Crippen LogP contribution in [0.3, 0.4) is 0 Å². The summed E-state index contributed by atoms with van der Waals surface area (Å²) < 4.78 is 0. The minimum Gasteiger partial charge on any atom is -0.370 e. The zero-order valence-corrected chi connectivity index (χ0v) is 11.9. The molecule has 0 radical (unpaired) electrons. The number of hydrogen-bond donors (Lipinski definition) is 1. The molecule has 1 saturated heterocycles. The molecule has 2 N–H and O–H groups in total. The summed E-state index contributed by atoms with van der Waals surface area (Å²) in [5.74, 6) is 2.47. The molecule has 0 aromatic heterocycles. The SMILES string of the molecule is CC1CCCN(C(N)=NCCC2CCCCC2)C1. The van der Waals surface area contributed by atoms with Gasteiger partial charge in [0.25, 0.3) is 0 Å². The monoisotopic (exact) mass is 251 g/mol. The Morgan fingerprint density at radius 2 is 1.94 bits per heavy atom. The van der Waals surface area contributed by atoms with Gasteiger partial charge >= 0.3 is 0 Å². The van der Waals surface area contributed by atoms with Crippen LogP contribution in [0.1, 0.15) is 58.3 Å². The van der Waals surface area contributed by atoms with Gasteiger partial charge in [-0.2, -0.15) is 0 Å². The highest BCUT2D eigenvalue weighted by Crippen LogP contribution is 2.26. The highest BCUT2D eigenvalue weighted by Gasteiger charge is 2.18. The summed E-state index contributed by atoms with van der Waals surface area (Å²) >= 11 is 0. The van der Waals surface area contributed by atoms with E-state index in [1.165, 1.54) is 51.4 Å². The molecule has 0 aromatic rings. The molecule has 0 spiro atoms. The van der Waals surface area contributed by atoms with E-state index in [9.17, 15) is 0 Å². The Labute approximate surface area is 112 Å².